The number of hydrogen-bond acceptors (Lipinski definition) is 6. The molecule has 2 aromatic heterocycles. The van der Waals surface area contributed by atoms with Crippen molar-refractivity contribution in [2.45, 2.75) is 18.7 Å². The molecule has 0 bridgehead atoms. The van der Waals surface area contributed by atoms with E-state index in [2.05, 4.69) is 20.7 Å². The third-order valence-corrected chi connectivity index (χ3v) is 5.85. The van der Waals surface area contributed by atoms with Gasteiger partial charge < -0.3 is 5.32 Å². The summed E-state index contributed by atoms with van der Waals surface area (Å²) < 4.78 is 13.4. The lowest BCUT2D eigenvalue weighted by molar-refractivity contribution is 0.628. The van der Waals surface area contributed by atoms with E-state index in [4.69, 9.17) is 5.26 Å². The zero-order valence-corrected chi connectivity index (χ0v) is 16.8. The first kappa shape index (κ1) is 18.4. The van der Waals surface area contributed by atoms with Crippen LogP contribution in [0.15, 0.2) is 53.4 Å². The second-order valence-electron chi connectivity index (χ2n) is 6.18. The number of thiophene rings is 1. The van der Waals surface area contributed by atoms with Gasteiger partial charge in [-0.15, -0.1) is 11.3 Å². The fourth-order valence-electron chi connectivity index (χ4n) is 3.07. The van der Waals surface area contributed by atoms with Gasteiger partial charge in [-0.2, -0.15) is 5.26 Å². The van der Waals surface area contributed by atoms with Gasteiger partial charge in [-0.1, -0.05) is 12.1 Å². The standard InChI is InChI=1S/C21H15FN4S2/c1-12-18(14-3-5-15(22)6-4-14)19-20(24-13(2)25-21(19)28-12)26-16-7-9-17(10-8-16)27-11-23/h3-10H,1-2H3,(H,24,25,26). The molecule has 2 aromatic carbocycles. The molecule has 2 heterocycles. The molecular formula is C21H15FN4S2. The first-order valence-corrected chi connectivity index (χ1v) is 10.1. The maximum atomic E-state index is 13.4. The third kappa shape index (κ3) is 3.57. The zero-order chi connectivity index (χ0) is 19.7. The molecule has 0 fully saturated rings. The van der Waals surface area contributed by atoms with Crippen molar-refractivity contribution in [1.29, 1.82) is 5.26 Å². The average Bonchev–Trinajstić information content (AvgIpc) is 3.00. The number of thioether (sulfide) groups is 1. The smallest absolute Gasteiger partial charge is 0.143 e. The van der Waals surface area contributed by atoms with Gasteiger partial charge in [0.15, 0.2) is 0 Å². The molecule has 0 aliphatic rings. The van der Waals surface area contributed by atoms with E-state index in [9.17, 15) is 4.39 Å². The number of halogens is 1. The number of nitriles is 1. The maximum Gasteiger partial charge on any atom is 0.143 e. The van der Waals surface area contributed by atoms with Gasteiger partial charge in [-0.05, 0) is 67.6 Å². The van der Waals surface area contributed by atoms with Crippen LogP contribution in [0.25, 0.3) is 21.3 Å². The fraction of sp³-hybridized carbons (Fsp3) is 0.0952. The number of anilines is 2. The SMILES string of the molecule is Cc1nc(Nc2ccc(SC#N)cc2)c2c(-c3ccc(F)cc3)c(C)sc2n1. The Balaban J connectivity index is 1.83. The third-order valence-electron chi connectivity index (χ3n) is 4.25. The van der Waals surface area contributed by atoms with E-state index in [1.807, 2.05) is 38.1 Å². The van der Waals surface area contributed by atoms with Crippen LogP contribution < -0.4 is 5.32 Å². The van der Waals surface area contributed by atoms with E-state index < -0.39 is 0 Å². The molecule has 0 atom stereocenters. The molecule has 4 nitrogen and oxygen atoms in total. The second kappa shape index (κ2) is 7.58. The minimum absolute atomic E-state index is 0.262. The van der Waals surface area contributed by atoms with Crippen LogP contribution in [0.1, 0.15) is 10.7 Å². The maximum absolute atomic E-state index is 13.4. The predicted octanol–water partition coefficient (Wildman–Crippen LogP) is 6.43. The van der Waals surface area contributed by atoms with Gasteiger partial charge in [0.2, 0.25) is 0 Å². The Hall–Kier alpha value is -2.95. The highest BCUT2D eigenvalue weighted by molar-refractivity contribution is 8.03. The average molecular weight is 407 g/mol. The van der Waals surface area contributed by atoms with Crippen LogP contribution >= 0.6 is 23.1 Å². The van der Waals surface area contributed by atoms with Crippen molar-refractivity contribution in [2.75, 3.05) is 5.32 Å². The minimum atomic E-state index is -0.262. The molecule has 0 aliphatic carbocycles. The van der Waals surface area contributed by atoms with Crippen molar-refractivity contribution >= 4 is 44.8 Å². The summed E-state index contributed by atoms with van der Waals surface area (Å²) in [6.07, 6.45) is 0. The zero-order valence-electron chi connectivity index (χ0n) is 15.2. The highest BCUT2D eigenvalue weighted by atomic mass is 32.2. The van der Waals surface area contributed by atoms with Gasteiger partial charge in [0.1, 0.15) is 27.7 Å². The number of nitrogens with one attached hydrogen (secondary N) is 1. The van der Waals surface area contributed by atoms with Gasteiger partial charge >= 0.3 is 0 Å². The number of benzene rings is 2. The molecule has 0 radical (unpaired) electrons. The number of aryl methyl sites for hydroxylation is 2. The van der Waals surface area contributed by atoms with Crippen LogP contribution in [0.4, 0.5) is 15.9 Å². The molecule has 0 unspecified atom stereocenters. The first-order chi connectivity index (χ1) is 13.5. The Morgan fingerprint density at radius 3 is 2.43 bits per heavy atom. The lowest BCUT2D eigenvalue weighted by Gasteiger charge is -2.10. The number of nitrogens with zero attached hydrogens (tertiary/aromatic N) is 3. The fourth-order valence-corrected chi connectivity index (χ4v) is 4.54. The molecule has 0 saturated heterocycles. The van der Waals surface area contributed by atoms with E-state index in [0.717, 1.165) is 48.6 Å². The molecule has 0 spiro atoms. The Kier molecular flexibility index (Phi) is 4.99. The normalized spacial score (nSPS) is 10.8. The van der Waals surface area contributed by atoms with E-state index in [-0.39, 0.29) is 5.82 Å². The first-order valence-electron chi connectivity index (χ1n) is 8.52. The quantitative estimate of drug-likeness (QED) is 0.312. The number of rotatable bonds is 4. The van der Waals surface area contributed by atoms with Gasteiger partial charge in [-0.25, -0.2) is 14.4 Å². The summed E-state index contributed by atoms with van der Waals surface area (Å²) in [5, 5.41) is 15.2. The second-order valence-corrected chi connectivity index (χ2v) is 8.24. The summed E-state index contributed by atoms with van der Waals surface area (Å²) in [4.78, 5) is 12.1. The highest BCUT2D eigenvalue weighted by Gasteiger charge is 2.18. The Labute approximate surface area is 170 Å². The molecule has 138 valence electrons. The molecule has 7 heteroatoms. The van der Waals surface area contributed by atoms with Crippen molar-refractivity contribution in [1.82, 2.24) is 9.97 Å². The van der Waals surface area contributed by atoms with Crippen molar-refractivity contribution in [2.24, 2.45) is 0 Å². The van der Waals surface area contributed by atoms with Crippen LogP contribution in [0.5, 0.6) is 0 Å². The molecule has 28 heavy (non-hydrogen) atoms. The summed E-state index contributed by atoms with van der Waals surface area (Å²) in [5.74, 6) is 1.13. The molecule has 4 aromatic rings. The monoisotopic (exact) mass is 406 g/mol. The summed E-state index contributed by atoms with van der Waals surface area (Å²) >= 11 is 2.72. The van der Waals surface area contributed by atoms with Crippen LogP contribution in [-0.2, 0) is 0 Å². The van der Waals surface area contributed by atoms with Gasteiger partial charge in [0.05, 0.1) is 5.39 Å². The van der Waals surface area contributed by atoms with Crippen molar-refractivity contribution < 1.29 is 4.39 Å². The van der Waals surface area contributed by atoms with Crippen molar-refractivity contribution in [3.05, 3.63) is 65.0 Å². The van der Waals surface area contributed by atoms with Crippen LogP contribution in [0.2, 0.25) is 0 Å². The lowest BCUT2D eigenvalue weighted by atomic mass is 10.0. The number of fused-ring (bicyclic) bond motifs is 1. The van der Waals surface area contributed by atoms with Gasteiger partial charge in [0, 0.05) is 21.0 Å². The topological polar surface area (TPSA) is 61.6 Å². The van der Waals surface area contributed by atoms with Crippen LogP contribution in [0, 0.1) is 30.3 Å². The Morgan fingerprint density at radius 1 is 1.04 bits per heavy atom. The minimum Gasteiger partial charge on any atom is -0.340 e. The van der Waals surface area contributed by atoms with Gasteiger partial charge in [-0.3, -0.25) is 0 Å². The van der Waals surface area contributed by atoms with Crippen molar-refractivity contribution in [3.8, 4) is 16.5 Å². The lowest BCUT2D eigenvalue weighted by Crippen LogP contribution is -1.98. The molecule has 0 saturated carbocycles. The summed E-state index contributed by atoms with van der Waals surface area (Å²) in [6.45, 7) is 3.90. The number of thiocyanates is 1. The largest absolute Gasteiger partial charge is 0.340 e. The van der Waals surface area contributed by atoms with E-state index in [1.165, 1.54) is 12.1 Å². The Morgan fingerprint density at radius 2 is 1.75 bits per heavy atom. The van der Waals surface area contributed by atoms with E-state index in [1.54, 1.807) is 23.5 Å². The summed E-state index contributed by atoms with van der Waals surface area (Å²) in [7, 11) is 0. The number of aromatic nitrogens is 2. The highest BCUT2D eigenvalue weighted by Crippen LogP contribution is 2.41. The van der Waals surface area contributed by atoms with E-state index in [0.29, 0.717) is 11.6 Å². The van der Waals surface area contributed by atoms with Crippen LogP contribution in [0.3, 0.4) is 0 Å². The predicted molar refractivity (Wildman–Crippen MR) is 113 cm³/mol. The summed E-state index contributed by atoms with van der Waals surface area (Å²) in [5.41, 5.74) is 2.82. The van der Waals surface area contributed by atoms with Crippen LogP contribution in [-0.4, -0.2) is 9.97 Å². The van der Waals surface area contributed by atoms with E-state index >= 15 is 0 Å². The van der Waals surface area contributed by atoms with Gasteiger partial charge in [0.25, 0.3) is 0 Å². The number of hydrogen-bond donors (Lipinski definition) is 1. The molecule has 1 N–H and O–H groups in total. The summed E-state index contributed by atoms with van der Waals surface area (Å²) in [6, 6.07) is 14.1. The molecule has 4 rings (SSSR count). The van der Waals surface area contributed by atoms with Crippen molar-refractivity contribution in [3.63, 3.8) is 0 Å². The Bertz CT molecular complexity index is 1190. The molecular weight excluding hydrogens is 391 g/mol. The molecule has 0 aliphatic heterocycles. The molecule has 0 amide bonds.